The van der Waals surface area contributed by atoms with Crippen LogP contribution in [-0.2, 0) is 30.3 Å². The Hall–Kier alpha value is -3.01. The summed E-state index contributed by atoms with van der Waals surface area (Å²) in [6.45, 7) is 8.96. The zero-order valence-corrected chi connectivity index (χ0v) is 22.5. The van der Waals surface area contributed by atoms with Crippen LogP contribution in [0.5, 0.6) is 0 Å². The van der Waals surface area contributed by atoms with Gasteiger partial charge in [0, 0.05) is 6.42 Å². The second-order valence-electron chi connectivity index (χ2n) is 9.69. The lowest BCUT2D eigenvalue weighted by molar-refractivity contribution is -0.156. The molecule has 1 rings (SSSR count). The third-order valence-electron chi connectivity index (χ3n) is 6.59. The Balaban J connectivity index is 3.08. The number of hydrogen-bond donors (Lipinski definition) is 4. The highest BCUT2D eigenvalue weighted by molar-refractivity contribution is 5.90. The molecular weight excluding hydrogens is 481 g/mol. The van der Waals surface area contributed by atoms with Gasteiger partial charge in [0.25, 0.3) is 0 Å². The van der Waals surface area contributed by atoms with Gasteiger partial charge in [0.1, 0.15) is 30.0 Å². The number of unbranched alkanes of at least 4 members (excludes halogenated alkanes) is 1. The molecule has 208 valence electrons. The minimum absolute atomic E-state index is 0.0991. The Morgan fingerprint density at radius 2 is 1.70 bits per heavy atom. The minimum atomic E-state index is -1.25. The number of halogens is 1. The summed E-state index contributed by atoms with van der Waals surface area (Å²) in [5, 5.41) is 14.0. The zero-order valence-electron chi connectivity index (χ0n) is 22.5. The van der Waals surface area contributed by atoms with Crippen molar-refractivity contribution in [2.45, 2.75) is 97.4 Å². The molecule has 0 unspecified atom stereocenters. The van der Waals surface area contributed by atoms with E-state index in [0.717, 1.165) is 19.3 Å². The van der Waals surface area contributed by atoms with Crippen molar-refractivity contribution < 1.29 is 33.4 Å². The fourth-order valence-electron chi connectivity index (χ4n) is 3.69. The summed E-state index contributed by atoms with van der Waals surface area (Å²) in [4.78, 5) is 49.8. The minimum Gasteiger partial charge on any atom is -0.480 e. The summed E-state index contributed by atoms with van der Waals surface area (Å²) < 4.78 is 20.0. The first-order valence-corrected chi connectivity index (χ1v) is 12.9. The number of esters is 1. The van der Waals surface area contributed by atoms with Gasteiger partial charge in [-0.1, -0.05) is 65.2 Å². The number of amides is 2. The van der Waals surface area contributed by atoms with E-state index >= 15 is 0 Å². The molecule has 37 heavy (non-hydrogen) atoms. The average Bonchev–Trinajstić information content (AvgIpc) is 2.86. The first kappa shape index (κ1) is 32.0. The van der Waals surface area contributed by atoms with E-state index in [1.54, 1.807) is 6.07 Å². The van der Waals surface area contributed by atoms with Crippen LogP contribution in [0.4, 0.5) is 4.39 Å². The van der Waals surface area contributed by atoms with Gasteiger partial charge in [-0.3, -0.25) is 19.2 Å². The number of carboxylic acids is 1. The third-order valence-corrected chi connectivity index (χ3v) is 6.59. The standard InChI is InChI=1S/C27H42FN3O6/c1-6-8-11-17(4)22(37-27(36)24(29)16(3)7-2)15-23(32)31-21(25(33)30-18(5)26(34)35)14-19-12-9-10-13-20(19)28/h9-10,12-13,16-18,21-22,24H,6-8,11,14-15,29H2,1-5H3,(H,30,33)(H,31,32)(H,34,35)/t16-,17-,18-,21-,22-,24+/m0/s1. The quantitative estimate of drug-likeness (QED) is 0.244. The molecule has 10 heteroatoms. The maximum Gasteiger partial charge on any atom is 0.325 e. The SMILES string of the molecule is CCCC[C@H](C)[C@H](CC(=O)N[C@@H](Cc1ccccc1F)C(=O)N[C@@H](C)C(=O)O)OC(=O)[C@H](N)[C@@H](C)CC. The molecule has 1 aromatic rings. The fraction of sp³-hybridized carbons (Fsp3) is 0.630. The molecular formula is C27H42FN3O6. The molecule has 9 nitrogen and oxygen atoms in total. The highest BCUT2D eigenvalue weighted by Crippen LogP contribution is 2.20. The molecule has 1 aromatic carbocycles. The molecule has 2 amide bonds. The van der Waals surface area contributed by atoms with E-state index in [-0.39, 0.29) is 30.2 Å². The lowest BCUT2D eigenvalue weighted by Gasteiger charge is -2.27. The van der Waals surface area contributed by atoms with E-state index < -0.39 is 53.8 Å². The van der Waals surface area contributed by atoms with Crippen LogP contribution in [0.3, 0.4) is 0 Å². The highest BCUT2D eigenvalue weighted by Gasteiger charge is 2.31. The van der Waals surface area contributed by atoms with Crippen LogP contribution in [0.25, 0.3) is 0 Å². The molecule has 0 saturated carbocycles. The van der Waals surface area contributed by atoms with Crippen molar-refractivity contribution in [1.82, 2.24) is 10.6 Å². The topological polar surface area (TPSA) is 148 Å². The molecule has 0 saturated heterocycles. The molecule has 0 fully saturated rings. The number of hydrogen-bond acceptors (Lipinski definition) is 6. The predicted octanol–water partition coefficient (Wildman–Crippen LogP) is 2.94. The maximum atomic E-state index is 14.3. The Morgan fingerprint density at radius 3 is 2.27 bits per heavy atom. The summed E-state index contributed by atoms with van der Waals surface area (Å²) in [7, 11) is 0. The number of nitrogens with one attached hydrogen (secondary N) is 2. The Morgan fingerprint density at radius 1 is 1.05 bits per heavy atom. The number of carbonyl (C=O) groups is 4. The largest absolute Gasteiger partial charge is 0.480 e. The van der Waals surface area contributed by atoms with Crippen molar-refractivity contribution in [2.75, 3.05) is 0 Å². The normalized spacial score (nSPS) is 16.0. The third kappa shape index (κ3) is 10.9. The van der Waals surface area contributed by atoms with Crippen LogP contribution < -0.4 is 16.4 Å². The highest BCUT2D eigenvalue weighted by atomic mass is 19.1. The van der Waals surface area contributed by atoms with Crippen LogP contribution in [0.2, 0.25) is 0 Å². The van der Waals surface area contributed by atoms with Crippen molar-refractivity contribution in [2.24, 2.45) is 17.6 Å². The second kappa shape index (κ2) is 16.0. The molecule has 0 heterocycles. The smallest absolute Gasteiger partial charge is 0.325 e. The lowest BCUT2D eigenvalue weighted by Crippen LogP contribution is -2.52. The van der Waals surface area contributed by atoms with Crippen molar-refractivity contribution in [3.63, 3.8) is 0 Å². The lowest BCUT2D eigenvalue weighted by atomic mass is 9.94. The first-order chi connectivity index (χ1) is 17.4. The summed E-state index contributed by atoms with van der Waals surface area (Å²) in [5.41, 5.74) is 6.22. The van der Waals surface area contributed by atoms with Crippen molar-refractivity contribution >= 4 is 23.8 Å². The number of nitrogens with two attached hydrogens (primary N) is 1. The molecule has 0 aromatic heterocycles. The van der Waals surface area contributed by atoms with Gasteiger partial charge in [0.05, 0.1) is 6.42 Å². The predicted molar refractivity (Wildman–Crippen MR) is 138 cm³/mol. The molecule has 0 radical (unpaired) electrons. The van der Waals surface area contributed by atoms with E-state index in [1.165, 1.54) is 25.1 Å². The van der Waals surface area contributed by atoms with E-state index in [2.05, 4.69) is 10.6 Å². The second-order valence-corrected chi connectivity index (χ2v) is 9.69. The molecule has 0 aliphatic carbocycles. The van der Waals surface area contributed by atoms with Gasteiger partial charge < -0.3 is 26.2 Å². The van der Waals surface area contributed by atoms with E-state index in [4.69, 9.17) is 15.6 Å². The van der Waals surface area contributed by atoms with Gasteiger partial charge in [-0.25, -0.2) is 4.39 Å². The van der Waals surface area contributed by atoms with E-state index in [9.17, 15) is 23.6 Å². The van der Waals surface area contributed by atoms with Crippen LogP contribution in [0.15, 0.2) is 24.3 Å². The van der Waals surface area contributed by atoms with Crippen LogP contribution in [0, 0.1) is 17.7 Å². The molecule has 6 atom stereocenters. The Labute approximate surface area is 218 Å². The number of carboxylic acid groups (broad SMARTS) is 1. The van der Waals surface area contributed by atoms with Crippen molar-refractivity contribution in [1.29, 1.82) is 0 Å². The number of benzene rings is 1. The zero-order chi connectivity index (χ0) is 28.1. The van der Waals surface area contributed by atoms with Gasteiger partial charge in [-0.15, -0.1) is 0 Å². The summed E-state index contributed by atoms with van der Waals surface area (Å²) in [5.74, 6) is -4.00. The van der Waals surface area contributed by atoms with Gasteiger partial charge in [0.15, 0.2) is 0 Å². The fourth-order valence-corrected chi connectivity index (χ4v) is 3.69. The summed E-state index contributed by atoms with van der Waals surface area (Å²) in [6.07, 6.45) is 2.02. The Bertz CT molecular complexity index is 912. The van der Waals surface area contributed by atoms with Crippen molar-refractivity contribution in [3.05, 3.63) is 35.6 Å². The van der Waals surface area contributed by atoms with Crippen LogP contribution in [-0.4, -0.2) is 53.1 Å². The number of ether oxygens (including phenoxy) is 1. The Kier molecular flexibility index (Phi) is 13.8. The molecule has 0 spiro atoms. The van der Waals surface area contributed by atoms with E-state index in [1.807, 2.05) is 27.7 Å². The van der Waals surface area contributed by atoms with Crippen LogP contribution in [0.1, 0.15) is 72.3 Å². The number of rotatable bonds is 16. The van der Waals surface area contributed by atoms with Gasteiger partial charge in [-0.05, 0) is 36.8 Å². The van der Waals surface area contributed by atoms with Crippen LogP contribution >= 0.6 is 0 Å². The van der Waals surface area contributed by atoms with Gasteiger partial charge in [-0.2, -0.15) is 0 Å². The summed E-state index contributed by atoms with van der Waals surface area (Å²) in [6, 6.07) is 2.53. The molecule has 0 aliphatic rings. The average molecular weight is 524 g/mol. The monoisotopic (exact) mass is 523 g/mol. The summed E-state index contributed by atoms with van der Waals surface area (Å²) >= 11 is 0. The van der Waals surface area contributed by atoms with E-state index in [0.29, 0.717) is 6.42 Å². The van der Waals surface area contributed by atoms with Gasteiger partial charge in [0.2, 0.25) is 11.8 Å². The maximum absolute atomic E-state index is 14.3. The number of aliphatic carboxylic acids is 1. The van der Waals surface area contributed by atoms with Crippen molar-refractivity contribution in [3.8, 4) is 0 Å². The van der Waals surface area contributed by atoms with Gasteiger partial charge >= 0.3 is 11.9 Å². The molecule has 0 aliphatic heterocycles. The molecule has 5 N–H and O–H groups in total. The molecule has 0 bridgehead atoms. The first-order valence-electron chi connectivity index (χ1n) is 12.9. The number of carbonyl (C=O) groups excluding carboxylic acids is 3.